The minimum absolute atomic E-state index is 0.210. The van der Waals surface area contributed by atoms with Crippen LogP contribution in [0.1, 0.15) is 37.6 Å². The number of nitrogens with zero attached hydrogens (tertiary/aromatic N) is 2. The van der Waals surface area contributed by atoms with Crippen LogP contribution in [0.5, 0.6) is 0 Å². The molecule has 0 unspecified atom stereocenters. The minimum atomic E-state index is 0.210. The third kappa shape index (κ3) is 3.44. The Balaban J connectivity index is 2.13. The summed E-state index contributed by atoms with van der Waals surface area (Å²) in [5.74, 6) is 0. The van der Waals surface area contributed by atoms with E-state index in [9.17, 15) is 0 Å². The summed E-state index contributed by atoms with van der Waals surface area (Å²) in [7, 11) is 1.95. The molecule has 0 bridgehead atoms. The van der Waals surface area contributed by atoms with Crippen molar-refractivity contribution in [2.24, 2.45) is 0 Å². The van der Waals surface area contributed by atoms with Crippen LogP contribution in [0.15, 0.2) is 36.5 Å². The third-order valence-corrected chi connectivity index (χ3v) is 3.31. The van der Waals surface area contributed by atoms with Crippen LogP contribution in [-0.4, -0.2) is 16.8 Å². The number of benzene rings is 1. The van der Waals surface area contributed by atoms with Crippen LogP contribution in [0.25, 0.3) is 0 Å². The molecule has 0 atom stereocenters. The average Bonchev–Trinajstić information content (AvgIpc) is 2.77. The Bertz CT molecular complexity index is 518. The van der Waals surface area contributed by atoms with Gasteiger partial charge in [-0.25, -0.2) is 0 Å². The van der Waals surface area contributed by atoms with Gasteiger partial charge in [-0.05, 0) is 29.7 Å². The molecule has 1 aromatic carbocycles. The first kappa shape index (κ1) is 13.8. The Hall–Kier alpha value is -1.61. The van der Waals surface area contributed by atoms with Gasteiger partial charge < -0.3 is 5.32 Å². The first-order chi connectivity index (χ1) is 9.00. The Morgan fingerprint density at radius 2 is 1.79 bits per heavy atom. The summed E-state index contributed by atoms with van der Waals surface area (Å²) >= 11 is 0. The summed E-state index contributed by atoms with van der Waals surface area (Å²) in [6.07, 6.45) is 1.86. The molecule has 0 aliphatic carbocycles. The van der Waals surface area contributed by atoms with Crippen molar-refractivity contribution < 1.29 is 0 Å². The molecular formula is C16H23N3. The number of hydrogen-bond acceptors (Lipinski definition) is 2. The molecular weight excluding hydrogens is 234 g/mol. The van der Waals surface area contributed by atoms with E-state index >= 15 is 0 Å². The Kier molecular flexibility index (Phi) is 4.05. The van der Waals surface area contributed by atoms with E-state index in [2.05, 4.69) is 61.5 Å². The normalized spacial score (nSPS) is 11.8. The highest BCUT2D eigenvalue weighted by atomic mass is 15.3. The fourth-order valence-corrected chi connectivity index (χ4v) is 2.12. The van der Waals surface area contributed by atoms with Crippen LogP contribution >= 0.6 is 0 Å². The van der Waals surface area contributed by atoms with Crippen molar-refractivity contribution in [1.29, 1.82) is 0 Å². The third-order valence-electron chi connectivity index (χ3n) is 3.31. The van der Waals surface area contributed by atoms with Crippen LogP contribution in [0.4, 0.5) is 0 Å². The highest BCUT2D eigenvalue weighted by molar-refractivity contribution is 5.27. The molecule has 3 heteroatoms. The van der Waals surface area contributed by atoms with E-state index in [1.165, 1.54) is 16.8 Å². The number of nitrogens with one attached hydrogen (secondary N) is 1. The van der Waals surface area contributed by atoms with Crippen molar-refractivity contribution in [3.05, 3.63) is 53.3 Å². The van der Waals surface area contributed by atoms with Gasteiger partial charge in [0.05, 0.1) is 12.2 Å². The lowest BCUT2D eigenvalue weighted by Crippen LogP contribution is -2.13. The summed E-state index contributed by atoms with van der Waals surface area (Å²) in [4.78, 5) is 0. The summed E-state index contributed by atoms with van der Waals surface area (Å²) in [6.45, 7) is 8.39. The molecule has 2 aromatic rings. The van der Waals surface area contributed by atoms with E-state index in [0.717, 1.165) is 13.1 Å². The zero-order valence-corrected chi connectivity index (χ0v) is 12.3. The van der Waals surface area contributed by atoms with Crippen molar-refractivity contribution in [3.8, 4) is 0 Å². The summed E-state index contributed by atoms with van der Waals surface area (Å²) in [5, 5.41) is 7.54. The van der Waals surface area contributed by atoms with Crippen molar-refractivity contribution >= 4 is 0 Å². The zero-order chi connectivity index (χ0) is 13.9. The molecule has 0 amide bonds. The van der Waals surface area contributed by atoms with Crippen LogP contribution in [0.2, 0.25) is 0 Å². The minimum Gasteiger partial charge on any atom is -0.314 e. The van der Waals surface area contributed by atoms with Gasteiger partial charge in [-0.1, -0.05) is 45.0 Å². The predicted octanol–water partition coefficient (Wildman–Crippen LogP) is 2.95. The first-order valence-electron chi connectivity index (χ1n) is 6.75. The van der Waals surface area contributed by atoms with E-state index in [0.29, 0.717) is 0 Å². The molecule has 0 radical (unpaired) electrons. The smallest absolute Gasteiger partial charge is 0.0663 e. The maximum absolute atomic E-state index is 4.38. The van der Waals surface area contributed by atoms with Crippen LogP contribution in [0.3, 0.4) is 0 Å². The van der Waals surface area contributed by atoms with Gasteiger partial charge in [0.2, 0.25) is 0 Å². The first-order valence-corrected chi connectivity index (χ1v) is 6.75. The lowest BCUT2D eigenvalue weighted by Gasteiger charge is -2.19. The number of hydrogen-bond donors (Lipinski definition) is 1. The number of aromatic nitrogens is 2. The highest BCUT2D eigenvalue weighted by Gasteiger charge is 2.13. The quantitative estimate of drug-likeness (QED) is 0.912. The van der Waals surface area contributed by atoms with Crippen molar-refractivity contribution in [3.63, 3.8) is 0 Å². The Labute approximate surface area is 115 Å². The lowest BCUT2D eigenvalue weighted by atomic mass is 9.87. The van der Waals surface area contributed by atoms with Crippen molar-refractivity contribution in [2.75, 3.05) is 7.05 Å². The molecule has 0 saturated heterocycles. The van der Waals surface area contributed by atoms with Crippen LogP contribution < -0.4 is 5.32 Å². The maximum Gasteiger partial charge on any atom is 0.0663 e. The molecule has 1 heterocycles. The largest absolute Gasteiger partial charge is 0.314 e. The molecule has 102 valence electrons. The maximum atomic E-state index is 4.38. The van der Waals surface area contributed by atoms with E-state index in [1.807, 2.05) is 17.9 Å². The summed E-state index contributed by atoms with van der Waals surface area (Å²) in [5.41, 5.74) is 4.07. The molecule has 2 rings (SSSR count). The molecule has 1 N–H and O–H groups in total. The average molecular weight is 257 g/mol. The molecule has 19 heavy (non-hydrogen) atoms. The predicted molar refractivity (Wildman–Crippen MR) is 79.2 cm³/mol. The molecule has 0 saturated carbocycles. The second-order valence-electron chi connectivity index (χ2n) is 5.96. The molecule has 0 aliphatic rings. The summed E-state index contributed by atoms with van der Waals surface area (Å²) < 4.78 is 2.04. The van der Waals surface area contributed by atoms with Gasteiger partial charge in [-0.3, -0.25) is 4.68 Å². The highest BCUT2D eigenvalue weighted by Crippen LogP contribution is 2.22. The van der Waals surface area contributed by atoms with Gasteiger partial charge in [0.1, 0.15) is 0 Å². The Morgan fingerprint density at radius 1 is 1.11 bits per heavy atom. The summed E-state index contributed by atoms with van der Waals surface area (Å²) in [6, 6.07) is 10.9. The Morgan fingerprint density at radius 3 is 2.37 bits per heavy atom. The van der Waals surface area contributed by atoms with E-state index in [4.69, 9.17) is 0 Å². The molecule has 0 fully saturated rings. The van der Waals surface area contributed by atoms with Gasteiger partial charge in [0.15, 0.2) is 0 Å². The second-order valence-corrected chi connectivity index (χ2v) is 5.96. The van der Waals surface area contributed by atoms with Crippen molar-refractivity contribution in [2.45, 2.75) is 39.3 Å². The van der Waals surface area contributed by atoms with Crippen molar-refractivity contribution in [1.82, 2.24) is 15.1 Å². The van der Waals surface area contributed by atoms with Gasteiger partial charge in [0.25, 0.3) is 0 Å². The number of rotatable bonds is 4. The van der Waals surface area contributed by atoms with Gasteiger partial charge in [0, 0.05) is 12.7 Å². The SMILES string of the molecule is CNCc1ccnn1Cc1ccc(C(C)(C)C)cc1. The van der Waals surface area contributed by atoms with E-state index < -0.39 is 0 Å². The standard InChI is InChI=1S/C16H23N3/c1-16(2,3)14-7-5-13(6-8-14)12-19-15(11-17-4)9-10-18-19/h5-10,17H,11-12H2,1-4H3. The monoisotopic (exact) mass is 257 g/mol. The van der Waals surface area contributed by atoms with Crippen LogP contribution in [-0.2, 0) is 18.5 Å². The fourth-order valence-electron chi connectivity index (χ4n) is 2.12. The zero-order valence-electron chi connectivity index (χ0n) is 12.3. The topological polar surface area (TPSA) is 29.9 Å². The molecule has 1 aromatic heterocycles. The van der Waals surface area contributed by atoms with E-state index in [1.54, 1.807) is 0 Å². The van der Waals surface area contributed by atoms with E-state index in [-0.39, 0.29) is 5.41 Å². The van der Waals surface area contributed by atoms with Gasteiger partial charge in [-0.2, -0.15) is 5.10 Å². The van der Waals surface area contributed by atoms with Crippen LogP contribution in [0, 0.1) is 0 Å². The molecule has 3 nitrogen and oxygen atoms in total. The molecule has 0 aliphatic heterocycles. The second kappa shape index (κ2) is 5.57. The molecule has 0 spiro atoms. The van der Waals surface area contributed by atoms with Gasteiger partial charge in [-0.15, -0.1) is 0 Å². The fraction of sp³-hybridized carbons (Fsp3) is 0.438. The van der Waals surface area contributed by atoms with Gasteiger partial charge >= 0.3 is 0 Å². The lowest BCUT2D eigenvalue weighted by molar-refractivity contribution is 0.588.